The smallest absolute Gasteiger partial charge is 0.224 e. The number of carbonyl (C=O) groups excluding carboxylic acids is 2. The van der Waals surface area contributed by atoms with Crippen LogP contribution in [-0.4, -0.2) is 42.8 Å². The number of carbonyl (C=O) groups is 2. The van der Waals surface area contributed by atoms with Crippen molar-refractivity contribution in [2.45, 2.75) is 38.1 Å². The van der Waals surface area contributed by atoms with E-state index < -0.39 is 0 Å². The third-order valence-electron chi connectivity index (χ3n) is 5.79. The minimum absolute atomic E-state index is 0.0362. The van der Waals surface area contributed by atoms with Crippen molar-refractivity contribution in [3.8, 4) is 0 Å². The molecule has 0 radical (unpaired) electrons. The Morgan fingerprint density at radius 1 is 1.14 bits per heavy atom. The second-order valence-electron chi connectivity index (χ2n) is 7.96. The number of likely N-dealkylation sites (tertiary alicyclic amines) is 1. The molecule has 1 heterocycles. The van der Waals surface area contributed by atoms with Gasteiger partial charge in [-0.25, -0.2) is 0 Å². The summed E-state index contributed by atoms with van der Waals surface area (Å²) >= 11 is 6.00. The van der Waals surface area contributed by atoms with Crippen LogP contribution in [0.25, 0.3) is 0 Å². The van der Waals surface area contributed by atoms with Gasteiger partial charge in [0.2, 0.25) is 5.91 Å². The highest BCUT2D eigenvalue weighted by Crippen LogP contribution is 2.29. The van der Waals surface area contributed by atoms with Gasteiger partial charge in [-0.3, -0.25) is 4.79 Å². The quantitative estimate of drug-likeness (QED) is 0.664. The van der Waals surface area contributed by atoms with E-state index in [0.29, 0.717) is 18.9 Å². The van der Waals surface area contributed by atoms with Crippen LogP contribution in [0.2, 0.25) is 5.02 Å². The summed E-state index contributed by atoms with van der Waals surface area (Å²) in [5, 5.41) is 3.85. The van der Waals surface area contributed by atoms with Gasteiger partial charge < -0.3 is 15.0 Å². The molecule has 1 amide bonds. The number of hydrogen-bond donors (Lipinski definition) is 1. The lowest BCUT2D eigenvalue weighted by Crippen LogP contribution is -2.49. The third kappa shape index (κ3) is 6.41. The van der Waals surface area contributed by atoms with Gasteiger partial charge in [0.05, 0.1) is 12.5 Å². The third-order valence-corrected chi connectivity index (χ3v) is 6.04. The Balaban J connectivity index is 1.53. The molecular formula is C24H29ClN2O2. The van der Waals surface area contributed by atoms with Crippen molar-refractivity contribution >= 4 is 23.8 Å². The number of amides is 1. The fourth-order valence-corrected chi connectivity index (χ4v) is 4.07. The molecule has 0 aliphatic carbocycles. The van der Waals surface area contributed by atoms with Crippen molar-refractivity contribution in [1.82, 2.24) is 10.2 Å². The predicted molar refractivity (Wildman–Crippen MR) is 117 cm³/mol. The summed E-state index contributed by atoms with van der Waals surface area (Å²) in [6.07, 6.45) is 3.42. The molecule has 1 aliphatic heterocycles. The van der Waals surface area contributed by atoms with Crippen molar-refractivity contribution in [3.63, 3.8) is 0 Å². The molecule has 0 aromatic heterocycles. The van der Waals surface area contributed by atoms with Gasteiger partial charge in [-0.2, -0.15) is 0 Å². The van der Waals surface area contributed by atoms with E-state index in [0.717, 1.165) is 42.8 Å². The number of nitrogens with zero attached hydrogens (tertiary/aromatic N) is 1. The molecule has 4 nitrogen and oxygen atoms in total. The molecule has 0 bridgehead atoms. The van der Waals surface area contributed by atoms with Gasteiger partial charge in [-0.1, -0.05) is 61.0 Å². The van der Waals surface area contributed by atoms with E-state index in [-0.39, 0.29) is 17.9 Å². The standard InChI is InChI=1S/C24H29ClN2O2/c1-18(17-28)23(26-24(29)15-19-5-3-2-4-6-19)16-27-13-11-21(12-14-27)20-7-9-22(25)10-8-20/h2-10,17-18,21,23H,11-16H2,1H3,(H,26,29). The van der Waals surface area contributed by atoms with Crippen molar-refractivity contribution in [2.75, 3.05) is 19.6 Å². The summed E-state index contributed by atoms with van der Waals surface area (Å²) in [6, 6.07) is 17.6. The average Bonchev–Trinajstić information content (AvgIpc) is 2.74. The molecule has 2 aromatic rings. The molecule has 5 heteroatoms. The number of benzene rings is 2. The van der Waals surface area contributed by atoms with Gasteiger partial charge in [-0.15, -0.1) is 0 Å². The number of nitrogens with one attached hydrogen (secondary N) is 1. The van der Waals surface area contributed by atoms with E-state index >= 15 is 0 Å². The fraction of sp³-hybridized carbons (Fsp3) is 0.417. The van der Waals surface area contributed by atoms with E-state index in [1.54, 1.807) is 0 Å². The molecule has 154 valence electrons. The van der Waals surface area contributed by atoms with Gasteiger partial charge in [0, 0.05) is 17.5 Å². The second kappa shape index (κ2) is 10.6. The predicted octanol–water partition coefficient (Wildman–Crippen LogP) is 4.08. The van der Waals surface area contributed by atoms with Crippen LogP contribution in [0.15, 0.2) is 54.6 Å². The highest BCUT2D eigenvalue weighted by Gasteiger charge is 2.26. The van der Waals surface area contributed by atoms with Crippen molar-refractivity contribution in [2.24, 2.45) is 5.92 Å². The van der Waals surface area contributed by atoms with Gasteiger partial charge in [0.25, 0.3) is 0 Å². The van der Waals surface area contributed by atoms with Crippen LogP contribution in [0.5, 0.6) is 0 Å². The van der Waals surface area contributed by atoms with Crippen molar-refractivity contribution in [3.05, 3.63) is 70.7 Å². The summed E-state index contributed by atoms with van der Waals surface area (Å²) in [5.41, 5.74) is 2.31. The minimum atomic E-state index is -0.219. The Morgan fingerprint density at radius 2 is 1.79 bits per heavy atom. The Labute approximate surface area is 178 Å². The van der Waals surface area contributed by atoms with Crippen LogP contribution in [0.3, 0.4) is 0 Å². The molecule has 29 heavy (non-hydrogen) atoms. The van der Waals surface area contributed by atoms with Crippen LogP contribution in [0, 0.1) is 5.92 Å². The fourth-order valence-electron chi connectivity index (χ4n) is 3.94. The number of hydrogen-bond acceptors (Lipinski definition) is 3. The lowest BCUT2D eigenvalue weighted by Gasteiger charge is -2.35. The maximum absolute atomic E-state index is 12.5. The largest absolute Gasteiger partial charge is 0.351 e. The Kier molecular flexibility index (Phi) is 7.84. The van der Waals surface area contributed by atoms with Crippen LogP contribution in [0.4, 0.5) is 0 Å². The molecule has 1 aliphatic rings. The topological polar surface area (TPSA) is 49.4 Å². The van der Waals surface area contributed by atoms with E-state index in [9.17, 15) is 9.59 Å². The molecule has 2 unspecified atom stereocenters. The molecule has 0 spiro atoms. The SMILES string of the molecule is CC(C=O)C(CN1CCC(c2ccc(Cl)cc2)CC1)NC(=O)Cc1ccccc1. The average molecular weight is 413 g/mol. The van der Waals surface area contributed by atoms with Crippen LogP contribution in [-0.2, 0) is 16.0 Å². The zero-order valence-corrected chi connectivity index (χ0v) is 17.6. The summed E-state index contributed by atoms with van der Waals surface area (Å²) in [5.74, 6) is 0.285. The Morgan fingerprint density at radius 3 is 2.41 bits per heavy atom. The van der Waals surface area contributed by atoms with Crippen LogP contribution < -0.4 is 5.32 Å². The maximum atomic E-state index is 12.5. The minimum Gasteiger partial charge on any atom is -0.351 e. The number of halogens is 1. The van der Waals surface area contributed by atoms with E-state index in [4.69, 9.17) is 11.6 Å². The van der Waals surface area contributed by atoms with Crippen molar-refractivity contribution < 1.29 is 9.59 Å². The Hall–Kier alpha value is -2.17. The van der Waals surface area contributed by atoms with Gasteiger partial charge in [-0.05, 0) is 55.1 Å². The van der Waals surface area contributed by atoms with Crippen molar-refractivity contribution in [1.29, 1.82) is 0 Å². The molecule has 2 aromatic carbocycles. The highest BCUT2D eigenvalue weighted by atomic mass is 35.5. The molecule has 3 rings (SSSR count). The summed E-state index contributed by atoms with van der Waals surface area (Å²) in [6.45, 7) is 4.50. The molecule has 1 saturated heterocycles. The molecule has 1 N–H and O–H groups in total. The Bertz CT molecular complexity index is 786. The summed E-state index contributed by atoms with van der Waals surface area (Å²) in [7, 11) is 0. The lowest BCUT2D eigenvalue weighted by atomic mass is 9.89. The summed E-state index contributed by atoms with van der Waals surface area (Å²) < 4.78 is 0. The highest BCUT2D eigenvalue weighted by molar-refractivity contribution is 6.30. The maximum Gasteiger partial charge on any atom is 0.224 e. The first-order valence-electron chi connectivity index (χ1n) is 10.3. The van der Waals surface area contributed by atoms with Crippen LogP contribution >= 0.6 is 11.6 Å². The number of piperidine rings is 1. The molecule has 0 saturated carbocycles. The first-order valence-corrected chi connectivity index (χ1v) is 10.7. The lowest BCUT2D eigenvalue weighted by molar-refractivity contribution is -0.122. The molecule has 1 fully saturated rings. The first-order chi connectivity index (χ1) is 14.0. The number of aldehydes is 1. The zero-order valence-electron chi connectivity index (χ0n) is 16.9. The zero-order chi connectivity index (χ0) is 20.6. The molecular weight excluding hydrogens is 384 g/mol. The summed E-state index contributed by atoms with van der Waals surface area (Å²) in [4.78, 5) is 26.3. The van der Waals surface area contributed by atoms with Gasteiger partial charge in [0.15, 0.2) is 0 Å². The second-order valence-corrected chi connectivity index (χ2v) is 8.39. The number of rotatable bonds is 8. The van der Waals surface area contributed by atoms with E-state index in [1.807, 2.05) is 49.4 Å². The van der Waals surface area contributed by atoms with Crippen LogP contribution in [0.1, 0.15) is 36.8 Å². The van der Waals surface area contributed by atoms with E-state index in [1.165, 1.54) is 5.56 Å². The van der Waals surface area contributed by atoms with Gasteiger partial charge >= 0.3 is 0 Å². The van der Waals surface area contributed by atoms with Gasteiger partial charge in [0.1, 0.15) is 6.29 Å². The first kappa shape index (κ1) is 21.5. The van der Waals surface area contributed by atoms with E-state index in [2.05, 4.69) is 22.3 Å². The molecule has 2 atom stereocenters. The normalized spacial score (nSPS) is 17.4. The monoisotopic (exact) mass is 412 g/mol.